The minimum atomic E-state index is 0.571. The number of nitrogens with one attached hydrogen (secondary N) is 1. The highest BCUT2D eigenvalue weighted by atomic mass is 15.3. The fraction of sp³-hybridized carbons (Fsp3) is 0.231. The summed E-state index contributed by atoms with van der Waals surface area (Å²) in [6.07, 6.45) is 3.37. The summed E-state index contributed by atoms with van der Waals surface area (Å²) in [6.45, 7) is 3.77. The molecule has 0 fully saturated rings. The molecule has 2 aromatic rings. The van der Waals surface area contributed by atoms with Crippen molar-refractivity contribution in [2.45, 2.75) is 13.5 Å². The van der Waals surface area contributed by atoms with Crippen LogP contribution in [0, 0.1) is 0 Å². The Morgan fingerprint density at radius 3 is 2.50 bits per heavy atom. The summed E-state index contributed by atoms with van der Waals surface area (Å²) < 4.78 is 0. The van der Waals surface area contributed by atoms with Crippen LogP contribution < -0.4 is 16.2 Å². The van der Waals surface area contributed by atoms with Crippen molar-refractivity contribution in [1.29, 1.82) is 0 Å². The van der Waals surface area contributed by atoms with Crippen LogP contribution in [0.3, 0.4) is 0 Å². The molecule has 0 bridgehead atoms. The van der Waals surface area contributed by atoms with Crippen molar-refractivity contribution in [1.82, 2.24) is 9.97 Å². The third-order valence-electron chi connectivity index (χ3n) is 2.71. The number of aromatic nitrogens is 2. The van der Waals surface area contributed by atoms with Gasteiger partial charge < -0.3 is 10.3 Å². The van der Waals surface area contributed by atoms with E-state index in [1.165, 1.54) is 5.69 Å². The van der Waals surface area contributed by atoms with Gasteiger partial charge in [0.25, 0.3) is 0 Å². The molecular formula is C13H17N5. The van der Waals surface area contributed by atoms with Gasteiger partial charge in [0.1, 0.15) is 0 Å². The molecule has 0 amide bonds. The average molecular weight is 243 g/mol. The Labute approximate surface area is 107 Å². The van der Waals surface area contributed by atoms with Gasteiger partial charge in [0.2, 0.25) is 0 Å². The Hall–Kier alpha value is -2.14. The van der Waals surface area contributed by atoms with Gasteiger partial charge in [-0.2, -0.15) is 0 Å². The molecule has 0 saturated carbocycles. The summed E-state index contributed by atoms with van der Waals surface area (Å²) in [5.41, 5.74) is 4.57. The van der Waals surface area contributed by atoms with E-state index in [1.54, 1.807) is 12.4 Å². The van der Waals surface area contributed by atoms with E-state index in [4.69, 9.17) is 5.84 Å². The van der Waals surface area contributed by atoms with E-state index in [0.29, 0.717) is 5.82 Å². The normalized spacial score (nSPS) is 10.1. The number of nitrogen functional groups attached to an aromatic ring is 1. The largest absolute Gasteiger partial charge is 0.366 e. The molecule has 1 aromatic heterocycles. The summed E-state index contributed by atoms with van der Waals surface area (Å²) in [5.74, 6) is 5.83. The van der Waals surface area contributed by atoms with Gasteiger partial charge in [-0.25, -0.2) is 10.8 Å². The predicted octanol–water partition coefficient (Wildman–Crippen LogP) is 1.79. The van der Waals surface area contributed by atoms with E-state index in [1.807, 2.05) is 18.2 Å². The van der Waals surface area contributed by atoms with Crippen LogP contribution in [0.4, 0.5) is 11.5 Å². The highest BCUT2D eigenvalue weighted by Gasteiger charge is 2.05. The lowest BCUT2D eigenvalue weighted by Crippen LogP contribution is -2.22. The van der Waals surface area contributed by atoms with Gasteiger partial charge in [0.15, 0.2) is 5.82 Å². The summed E-state index contributed by atoms with van der Waals surface area (Å²) in [4.78, 5) is 10.7. The molecule has 0 saturated heterocycles. The van der Waals surface area contributed by atoms with Crippen LogP contribution in [0.2, 0.25) is 0 Å². The maximum atomic E-state index is 5.26. The van der Waals surface area contributed by atoms with Crippen molar-refractivity contribution >= 4 is 11.5 Å². The SMILES string of the molecule is CCN(Cc1cnc(NN)cn1)c1ccccc1. The molecular weight excluding hydrogens is 226 g/mol. The molecule has 0 aliphatic carbocycles. The van der Waals surface area contributed by atoms with Crippen LogP contribution in [-0.2, 0) is 6.54 Å². The van der Waals surface area contributed by atoms with Gasteiger partial charge >= 0.3 is 0 Å². The number of para-hydroxylation sites is 1. The fourth-order valence-corrected chi connectivity index (χ4v) is 1.73. The van der Waals surface area contributed by atoms with Crippen LogP contribution in [-0.4, -0.2) is 16.5 Å². The zero-order chi connectivity index (χ0) is 12.8. The first-order valence-electron chi connectivity index (χ1n) is 5.91. The quantitative estimate of drug-likeness (QED) is 0.619. The molecule has 3 N–H and O–H groups in total. The average Bonchev–Trinajstić information content (AvgIpc) is 2.46. The summed E-state index contributed by atoms with van der Waals surface area (Å²) in [5, 5.41) is 0. The molecule has 0 unspecified atom stereocenters. The topological polar surface area (TPSA) is 67.1 Å². The monoisotopic (exact) mass is 243 g/mol. The number of nitrogens with two attached hydrogens (primary N) is 1. The smallest absolute Gasteiger partial charge is 0.158 e. The standard InChI is InChI=1S/C13H17N5/c1-2-18(12-6-4-3-5-7-12)10-11-8-16-13(17-14)9-15-11/h3-9H,2,10,14H2,1H3,(H,16,17). The highest BCUT2D eigenvalue weighted by Crippen LogP contribution is 2.15. The van der Waals surface area contributed by atoms with Gasteiger partial charge in [0.05, 0.1) is 24.6 Å². The summed E-state index contributed by atoms with van der Waals surface area (Å²) in [6, 6.07) is 10.3. The Balaban J connectivity index is 2.10. The zero-order valence-corrected chi connectivity index (χ0v) is 10.4. The summed E-state index contributed by atoms with van der Waals surface area (Å²) >= 11 is 0. The molecule has 1 aromatic carbocycles. The zero-order valence-electron chi connectivity index (χ0n) is 10.4. The number of rotatable bonds is 5. The minimum Gasteiger partial charge on any atom is -0.366 e. The molecule has 0 aliphatic heterocycles. The lowest BCUT2D eigenvalue weighted by atomic mass is 10.2. The Kier molecular flexibility index (Phi) is 4.09. The van der Waals surface area contributed by atoms with E-state index < -0.39 is 0 Å². The van der Waals surface area contributed by atoms with Crippen molar-refractivity contribution < 1.29 is 0 Å². The number of benzene rings is 1. The lowest BCUT2D eigenvalue weighted by molar-refractivity contribution is 0.804. The first-order valence-corrected chi connectivity index (χ1v) is 5.91. The third-order valence-corrected chi connectivity index (χ3v) is 2.71. The van der Waals surface area contributed by atoms with Gasteiger partial charge in [-0.1, -0.05) is 18.2 Å². The van der Waals surface area contributed by atoms with Crippen molar-refractivity contribution in [2.75, 3.05) is 16.9 Å². The van der Waals surface area contributed by atoms with Crippen LogP contribution in [0.25, 0.3) is 0 Å². The molecule has 2 rings (SSSR count). The third kappa shape index (κ3) is 2.95. The molecule has 0 aliphatic rings. The molecule has 5 nitrogen and oxygen atoms in total. The van der Waals surface area contributed by atoms with E-state index in [2.05, 4.69) is 39.4 Å². The van der Waals surface area contributed by atoms with Crippen LogP contribution in [0.15, 0.2) is 42.7 Å². The van der Waals surface area contributed by atoms with Crippen molar-refractivity contribution in [3.05, 3.63) is 48.4 Å². The van der Waals surface area contributed by atoms with Crippen LogP contribution in [0.5, 0.6) is 0 Å². The van der Waals surface area contributed by atoms with Crippen molar-refractivity contribution in [3.63, 3.8) is 0 Å². The molecule has 1 heterocycles. The first kappa shape index (κ1) is 12.3. The second-order valence-electron chi connectivity index (χ2n) is 3.89. The molecule has 18 heavy (non-hydrogen) atoms. The Morgan fingerprint density at radius 1 is 1.17 bits per heavy atom. The molecule has 0 radical (unpaired) electrons. The molecule has 94 valence electrons. The molecule has 0 atom stereocenters. The number of hydrogen-bond acceptors (Lipinski definition) is 5. The first-order chi connectivity index (χ1) is 8.83. The van der Waals surface area contributed by atoms with Crippen molar-refractivity contribution in [2.24, 2.45) is 5.84 Å². The van der Waals surface area contributed by atoms with E-state index in [9.17, 15) is 0 Å². The Bertz CT molecular complexity index is 469. The molecule has 0 spiro atoms. The highest BCUT2D eigenvalue weighted by molar-refractivity contribution is 5.46. The second kappa shape index (κ2) is 5.97. The number of hydrazine groups is 1. The summed E-state index contributed by atoms with van der Waals surface area (Å²) in [7, 11) is 0. The van der Waals surface area contributed by atoms with Crippen LogP contribution >= 0.6 is 0 Å². The fourth-order valence-electron chi connectivity index (χ4n) is 1.73. The van der Waals surface area contributed by atoms with Gasteiger partial charge in [-0.15, -0.1) is 0 Å². The van der Waals surface area contributed by atoms with Gasteiger partial charge in [0, 0.05) is 12.2 Å². The Morgan fingerprint density at radius 2 is 1.94 bits per heavy atom. The minimum absolute atomic E-state index is 0.571. The maximum absolute atomic E-state index is 5.26. The number of anilines is 2. The second-order valence-corrected chi connectivity index (χ2v) is 3.89. The van der Waals surface area contributed by atoms with E-state index in [-0.39, 0.29) is 0 Å². The number of hydrogen-bond donors (Lipinski definition) is 2. The lowest BCUT2D eigenvalue weighted by Gasteiger charge is -2.22. The predicted molar refractivity (Wildman–Crippen MR) is 73.0 cm³/mol. The maximum Gasteiger partial charge on any atom is 0.158 e. The van der Waals surface area contributed by atoms with E-state index >= 15 is 0 Å². The number of nitrogens with zero attached hydrogens (tertiary/aromatic N) is 3. The van der Waals surface area contributed by atoms with Gasteiger partial charge in [-0.3, -0.25) is 4.98 Å². The van der Waals surface area contributed by atoms with Crippen LogP contribution in [0.1, 0.15) is 12.6 Å². The van der Waals surface area contributed by atoms with E-state index in [0.717, 1.165) is 18.8 Å². The van der Waals surface area contributed by atoms with Gasteiger partial charge in [-0.05, 0) is 19.1 Å². The van der Waals surface area contributed by atoms with Crippen molar-refractivity contribution in [3.8, 4) is 0 Å². The molecule has 5 heteroatoms.